The number of esters is 1. The first kappa shape index (κ1) is 12.7. The van der Waals surface area contributed by atoms with E-state index in [1.165, 1.54) is 18.2 Å². The standard InChI is InChI=1S/C13H10O6/c1-6(14)19-9-4-2-3-7-5-8(15)11(16)13(18)10(7)12(9)17/h2-5,15-16,18H,1H3. The molecular weight excluding hydrogens is 252 g/mol. The molecule has 6 heteroatoms. The molecule has 0 radical (unpaired) electrons. The maximum atomic E-state index is 12.1. The van der Waals surface area contributed by atoms with Crippen molar-refractivity contribution < 1.29 is 24.9 Å². The third-order valence-electron chi connectivity index (χ3n) is 2.51. The Morgan fingerprint density at radius 2 is 1.84 bits per heavy atom. The number of benzene rings is 1. The highest BCUT2D eigenvalue weighted by Gasteiger charge is 2.15. The van der Waals surface area contributed by atoms with Gasteiger partial charge in [-0.3, -0.25) is 9.59 Å². The quantitative estimate of drug-likeness (QED) is 0.527. The van der Waals surface area contributed by atoms with Crippen molar-refractivity contribution in [1.82, 2.24) is 0 Å². The normalized spacial score (nSPS) is 10.4. The zero-order valence-corrected chi connectivity index (χ0v) is 9.88. The fourth-order valence-corrected chi connectivity index (χ4v) is 1.71. The largest absolute Gasteiger partial charge is 0.504 e. The van der Waals surface area contributed by atoms with Crippen molar-refractivity contribution >= 4 is 16.7 Å². The minimum atomic E-state index is -0.801. The maximum Gasteiger partial charge on any atom is 0.308 e. The zero-order valence-electron chi connectivity index (χ0n) is 9.88. The number of carbonyl (C=O) groups is 1. The molecule has 98 valence electrons. The highest BCUT2D eigenvalue weighted by atomic mass is 16.5. The smallest absolute Gasteiger partial charge is 0.308 e. The summed E-state index contributed by atoms with van der Waals surface area (Å²) in [6.07, 6.45) is 0. The molecule has 0 fully saturated rings. The molecule has 2 rings (SSSR count). The lowest BCUT2D eigenvalue weighted by Crippen LogP contribution is -2.10. The monoisotopic (exact) mass is 262 g/mol. The van der Waals surface area contributed by atoms with Crippen LogP contribution in [-0.4, -0.2) is 21.3 Å². The van der Waals surface area contributed by atoms with Crippen molar-refractivity contribution in [3.8, 4) is 23.0 Å². The van der Waals surface area contributed by atoms with Crippen LogP contribution in [0, 0.1) is 0 Å². The Kier molecular flexibility index (Phi) is 3.00. The second kappa shape index (κ2) is 4.49. The van der Waals surface area contributed by atoms with Crippen LogP contribution in [0.5, 0.6) is 23.0 Å². The average molecular weight is 262 g/mol. The molecule has 3 N–H and O–H groups in total. The molecule has 0 aliphatic heterocycles. The summed E-state index contributed by atoms with van der Waals surface area (Å²) in [6.45, 7) is 1.14. The first-order valence-corrected chi connectivity index (χ1v) is 5.31. The van der Waals surface area contributed by atoms with Gasteiger partial charge in [-0.1, -0.05) is 12.1 Å². The number of rotatable bonds is 1. The van der Waals surface area contributed by atoms with Crippen molar-refractivity contribution in [2.24, 2.45) is 0 Å². The third kappa shape index (κ3) is 2.15. The zero-order chi connectivity index (χ0) is 14.2. The molecule has 2 aromatic rings. The van der Waals surface area contributed by atoms with Gasteiger partial charge in [-0.05, 0) is 17.5 Å². The van der Waals surface area contributed by atoms with Gasteiger partial charge >= 0.3 is 5.97 Å². The lowest BCUT2D eigenvalue weighted by molar-refractivity contribution is -0.131. The summed E-state index contributed by atoms with van der Waals surface area (Å²) in [5, 5.41) is 28.5. The molecule has 0 amide bonds. The lowest BCUT2D eigenvalue weighted by Gasteiger charge is -2.03. The SMILES string of the molecule is CC(=O)Oc1cccc2cc(O)c(O)c(O)c2c1=O. The second-order valence-corrected chi connectivity index (χ2v) is 3.87. The van der Waals surface area contributed by atoms with E-state index >= 15 is 0 Å². The second-order valence-electron chi connectivity index (χ2n) is 3.87. The minimum absolute atomic E-state index is 0.205. The fourth-order valence-electron chi connectivity index (χ4n) is 1.71. The van der Waals surface area contributed by atoms with Crippen LogP contribution in [0.1, 0.15) is 6.92 Å². The Bertz CT molecular complexity index is 735. The molecule has 2 aromatic carbocycles. The van der Waals surface area contributed by atoms with Crippen LogP contribution in [0.2, 0.25) is 0 Å². The van der Waals surface area contributed by atoms with Crippen molar-refractivity contribution in [3.05, 3.63) is 34.5 Å². The first-order chi connectivity index (χ1) is 8.91. The molecule has 0 saturated heterocycles. The minimum Gasteiger partial charge on any atom is -0.504 e. The van der Waals surface area contributed by atoms with Crippen LogP contribution in [0.15, 0.2) is 29.1 Å². The average Bonchev–Trinajstić information content (AvgIpc) is 2.47. The summed E-state index contributed by atoms with van der Waals surface area (Å²) in [7, 11) is 0. The molecule has 0 aromatic heterocycles. The van der Waals surface area contributed by atoms with Gasteiger partial charge in [-0.25, -0.2) is 0 Å². The molecule has 19 heavy (non-hydrogen) atoms. The van der Waals surface area contributed by atoms with Crippen LogP contribution in [0.3, 0.4) is 0 Å². The molecule has 0 aliphatic carbocycles. The molecule has 0 aliphatic rings. The summed E-state index contributed by atoms with van der Waals surface area (Å²) in [5.74, 6) is -3.07. The number of phenolic OH excluding ortho intramolecular Hbond substituents is 3. The molecular formula is C13H10O6. The summed E-state index contributed by atoms with van der Waals surface area (Å²) in [4.78, 5) is 23.0. The highest BCUT2D eigenvalue weighted by molar-refractivity contribution is 5.92. The van der Waals surface area contributed by atoms with Crippen LogP contribution >= 0.6 is 0 Å². The van der Waals surface area contributed by atoms with E-state index in [9.17, 15) is 24.9 Å². The molecule has 6 nitrogen and oxygen atoms in total. The van der Waals surface area contributed by atoms with Gasteiger partial charge < -0.3 is 20.1 Å². The summed E-state index contributed by atoms with van der Waals surface area (Å²) < 4.78 is 4.73. The Morgan fingerprint density at radius 3 is 2.47 bits per heavy atom. The number of phenols is 3. The predicted octanol–water partition coefficient (Wildman–Crippen LogP) is 1.24. The third-order valence-corrected chi connectivity index (χ3v) is 2.51. The van der Waals surface area contributed by atoms with Gasteiger partial charge in [-0.2, -0.15) is 0 Å². The highest BCUT2D eigenvalue weighted by Crippen LogP contribution is 2.39. The van der Waals surface area contributed by atoms with Crippen LogP contribution < -0.4 is 10.2 Å². The lowest BCUT2D eigenvalue weighted by atomic mass is 10.1. The van der Waals surface area contributed by atoms with Gasteiger partial charge in [0.25, 0.3) is 0 Å². The summed E-state index contributed by atoms with van der Waals surface area (Å²) >= 11 is 0. The van der Waals surface area contributed by atoms with E-state index in [-0.39, 0.29) is 16.5 Å². The van der Waals surface area contributed by atoms with Gasteiger partial charge in [0.15, 0.2) is 17.2 Å². The van der Waals surface area contributed by atoms with Crippen molar-refractivity contribution in [2.75, 3.05) is 0 Å². The van der Waals surface area contributed by atoms with Gasteiger partial charge in [-0.15, -0.1) is 0 Å². The Balaban J connectivity index is 2.92. The molecule has 0 spiro atoms. The Labute approximate surface area is 107 Å². The maximum absolute atomic E-state index is 12.1. The number of ether oxygens (including phenoxy) is 1. The van der Waals surface area contributed by atoms with Gasteiger partial charge in [0, 0.05) is 6.92 Å². The molecule has 0 atom stereocenters. The van der Waals surface area contributed by atoms with E-state index < -0.39 is 28.6 Å². The van der Waals surface area contributed by atoms with E-state index in [2.05, 4.69) is 0 Å². The molecule has 0 unspecified atom stereocenters. The number of aromatic hydroxyl groups is 3. The predicted molar refractivity (Wildman–Crippen MR) is 66.5 cm³/mol. The van der Waals surface area contributed by atoms with E-state index in [4.69, 9.17) is 4.74 Å². The van der Waals surface area contributed by atoms with E-state index in [0.717, 1.165) is 13.0 Å². The van der Waals surface area contributed by atoms with Crippen molar-refractivity contribution in [1.29, 1.82) is 0 Å². The number of hydrogen-bond acceptors (Lipinski definition) is 6. The fraction of sp³-hybridized carbons (Fsp3) is 0.0769. The van der Waals surface area contributed by atoms with Crippen molar-refractivity contribution in [3.63, 3.8) is 0 Å². The number of carbonyl (C=O) groups excluding carboxylic acids is 1. The Hall–Kier alpha value is -2.76. The topological polar surface area (TPSA) is 104 Å². The van der Waals surface area contributed by atoms with E-state index in [1.807, 2.05) is 0 Å². The van der Waals surface area contributed by atoms with Crippen LogP contribution in [0.25, 0.3) is 10.8 Å². The summed E-state index contributed by atoms with van der Waals surface area (Å²) in [6, 6.07) is 5.25. The van der Waals surface area contributed by atoms with Gasteiger partial charge in [0.1, 0.15) is 0 Å². The number of fused-ring (bicyclic) bond motifs is 1. The molecule has 0 saturated carbocycles. The van der Waals surface area contributed by atoms with E-state index in [0.29, 0.717) is 0 Å². The van der Waals surface area contributed by atoms with Crippen molar-refractivity contribution in [2.45, 2.75) is 6.92 Å². The summed E-state index contributed by atoms with van der Waals surface area (Å²) in [5.41, 5.74) is -0.761. The first-order valence-electron chi connectivity index (χ1n) is 5.31. The molecule has 0 bridgehead atoms. The van der Waals surface area contributed by atoms with Gasteiger partial charge in [0.05, 0.1) is 5.39 Å². The van der Waals surface area contributed by atoms with Gasteiger partial charge in [0.2, 0.25) is 11.2 Å². The number of hydrogen-bond donors (Lipinski definition) is 3. The van der Waals surface area contributed by atoms with Crippen LogP contribution in [-0.2, 0) is 4.79 Å². The van der Waals surface area contributed by atoms with Crippen LogP contribution in [0.4, 0.5) is 0 Å². The molecule has 0 heterocycles. The Morgan fingerprint density at radius 1 is 1.16 bits per heavy atom. The van der Waals surface area contributed by atoms with E-state index in [1.54, 1.807) is 0 Å².